The van der Waals surface area contributed by atoms with Crippen molar-refractivity contribution in [3.63, 3.8) is 0 Å². The van der Waals surface area contributed by atoms with Crippen LogP contribution in [-0.2, 0) is 4.79 Å². The predicted octanol–water partition coefficient (Wildman–Crippen LogP) is 3.08. The van der Waals surface area contributed by atoms with Crippen molar-refractivity contribution in [2.24, 2.45) is 0 Å². The first-order chi connectivity index (χ1) is 7.13. The Kier molecular flexibility index (Phi) is 4.65. The van der Waals surface area contributed by atoms with E-state index >= 15 is 0 Å². The van der Waals surface area contributed by atoms with Crippen molar-refractivity contribution in [1.82, 2.24) is 0 Å². The minimum Gasteiger partial charge on any atom is -0.478 e. The van der Waals surface area contributed by atoms with Crippen molar-refractivity contribution in [2.75, 3.05) is 5.33 Å². The van der Waals surface area contributed by atoms with Gasteiger partial charge in [-0.1, -0.05) is 39.7 Å². The monoisotopic (exact) mass is 290 g/mol. The van der Waals surface area contributed by atoms with Crippen molar-refractivity contribution in [3.8, 4) is 5.75 Å². The molecule has 0 spiro atoms. The molecule has 0 amide bonds. The van der Waals surface area contributed by atoms with Crippen LogP contribution in [0.4, 0.5) is 0 Å². The van der Waals surface area contributed by atoms with Crippen LogP contribution in [0.25, 0.3) is 0 Å². The van der Waals surface area contributed by atoms with Gasteiger partial charge in [0.1, 0.15) is 11.5 Å². The van der Waals surface area contributed by atoms with Crippen molar-refractivity contribution in [1.29, 1.82) is 0 Å². The van der Waals surface area contributed by atoms with Gasteiger partial charge in [0.15, 0.2) is 0 Å². The highest BCUT2D eigenvalue weighted by molar-refractivity contribution is 9.09. The molecule has 0 radical (unpaired) electrons. The first kappa shape index (κ1) is 12.1. The van der Waals surface area contributed by atoms with Gasteiger partial charge in [0, 0.05) is 0 Å². The summed E-state index contributed by atoms with van der Waals surface area (Å²) in [6.07, 6.45) is 0.984. The summed E-state index contributed by atoms with van der Waals surface area (Å²) >= 11 is 8.97. The van der Waals surface area contributed by atoms with Crippen LogP contribution in [0.5, 0.6) is 5.75 Å². The lowest BCUT2D eigenvalue weighted by Crippen LogP contribution is -2.01. The number of carbonyl (C=O) groups is 1. The Morgan fingerprint density at radius 3 is 2.73 bits per heavy atom. The number of hydrogen-bond acceptors (Lipinski definition) is 2. The molecule has 3 nitrogen and oxygen atoms in total. The summed E-state index contributed by atoms with van der Waals surface area (Å²) in [4.78, 5) is 10.4. The summed E-state index contributed by atoms with van der Waals surface area (Å²) in [5.41, 5.74) is 0. The van der Waals surface area contributed by atoms with E-state index in [0.717, 1.165) is 6.08 Å². The van der Waals surface area contributed by atoms with Crippen molar-refractivity contribution < 1.29 is 14.6 Å². The van der Waals surface area contributed by atoms with Gasteiger partial charge in [-0.15, -0.1) is 0 Å². The third-order valence-corrected chi connectivity index (χ3v) is 2.36. The molecular weight excluding hydrogens is 283 g/mol. The Balaban J connectivity index is 2.85. The summed E-state index contributed by atoms with van der Waals surface area (Å²) in [7, 11) is 0. The van der Waals surface area contributed by atoms with Crippen LogP contribution in [0.3, 0.4) is 0 Å². The quantitative estimate of drug-likeness (QED) is 0.527. The fraction of sp³-hybridized carbons (Fsp3) is 0.100. The standard InChI is InChI=1S/C10H8BrClO3/c11-6-7(5-10(13)14)15-9-4-2-1-3-8(9)12/h1-5H,6H2,(H,13,14)/b7-5+. The second-order valence-electron chi connectivity index (χ2n) is 2.62. The molecule has 80 valence electrons. The van der Waals surface area contributed by atoms with Crippen LogP contribution in [0.15, 0.2) is 36.1 Å². The fourth-order valence-corrected chi connectivity index (χ4v) is 1.35. The fourth-order valence-electron chi connectivity index (χ4n) is 0.902. The number of halogens is 2. The number of hydrogen-bond donors (Lipinski definition) is 1. The van der Waals surface area contributed by atoms with Gasteiger partial charge in [0.2, 0.25) is 0 Å². The minimum absolute atomic E-state index is 0.288. The van der Waals surface area contributed by atoms with Gasteiger partial charge < -0.3 is 9.84 Å². The lowest BCUT2D eigenvalue weighted by molar-refractivity contribution is -0.131. The molecule has 0 fully saturated rings. The Bertz CT molecular complexity index is 390. The highest BCUT2D eigenvalue weighted by Crippen LogP contribution is 2.25. The Morgan fingerprint density at radius 2 is 2.20 bits per heavy atom. The number of aliphatic carboxylic acids is 1. The average molecular weight is 292 g/mol. The highest BCUT2D eigenvalue weighted by Gasteiger charge is 2.05. The van der Waals surface area contributed by atoms with Crippen molar-refractivity contribution in [3.05, 3.63) is 41.1 Å². The van der Waals surface area contributed by atoms with Crippen LogP contribution in [0, 0.1) is 0 Å². The van der Waals surface area contributed by atoms with Crippen LogP contribution in [0.2, 0.25) is 5.02 Å². The zero-order valence-corrected chi connectivity index (χ0v) is 9.96. The summed E-state index contributed by atoms with van der Waals surface area (Å²) in [6, 6.07) is 6.86. The SMILES string of the molecule is O=C(O)/C=C(\CBr)Oc1ccccc1Cl. The van der Waals surface area contributed by atoms with E-state index < -0.39 is 5.97 Å². The number of benzene rings is 1. The van der Waals surface area contributed by atoms with Gasteiger partial charge in [-0.05, 0) is 12.1 Å². The molecule has 0 aliphatic heterocycles. The number of carboxylic acids is 1. The topological polar surface area (TPSA) is 46.5 Å². The summed E-state index contributed by atoms with van der Waals surface area (Å²) < 4.78 is 5.31. The molecule has 1 N–H and O–H groups in total. The Labute approximate surface area is 100 Å². The van der Waals surface area contributed by atoms with E-state index in [1.165, 1.54) is 0 Å². The van der Waals surface area contributed by atoms with Crippen LogP contribution >= 0.6 is 27.5 Å². The second-order valence-corrected chi connectivity index (χ2v) is 3.58. The zero-order chi connectivity index (χ0) is 11.3. The molecule has 0 aromatic heterocycles. The maximum atomic E-state index is 10.4. The van der Waals surface area contributed by atoms with E-state index in [0.29, 0.717) is 16.1 Å². The van der Waals surface area contributed by atoms with E-state index in [2.05, 4.69) is 15.9 Å². The molecule has 15 heavy (non-hydrogen) atoms. The molecule has 5 heteroatoms. The third kappa shape index (κ3) is 3.93. The molecule has 0 unspecified atom stereocenters. The Hall–Kier alpha value is -1.00. The molecule has 0 bridgehead atoms. The smallest absolute Gasteiger partial charge is 0.331 e. The summed E-state index contributed by atoms with van der Waals surface area (Å²) in [5.74, 6) is -0.335. The maximum Gasteiger partial charge on any atom is 0.331 e. The average Bonchev–Trinajstić information content (AvgIpc) is 2.19. The highest BCUT2D eigenvalue weighted by atomic mass is 79.9. The van der Waals surface area contributed by atoms with E-state index in [1.807, 2.05) is 0 Å². The maximum absolute atomic E-state index is 10.4. The van der Waals surface area contributed by atoms with E-state index in [4.69, 9.17) is 21.4 Å². The normalized spacial score (nSPS) is 11.2. The molecule has 0 saturated carbocycles. The number of rotatable bonds is 4. The van der Waals surface area contributed by atoms with E-state index in [-0.39, 0.29) is 5.76 Å². The lowest BCUT2D eigenvalue weighted by atomic mass is 10.3. The molecule has 1 rings (SSSR count). The Morgan fingerprint density at radius 1 is 1.53 bits per heavy atom. The lowest BCUT2D eigenvalue weighted by Gasteiger charge is -2.07. The molecule has 1 aromatic carbocycles. The van der Waals surface area contributed by atoms with Crippen molar-refractivity contribution in [2.45, 2.75) is 0 Å². The first-order valence-electron chi connectivity index (χ1n) is 4.05. The molecule has 0 aliphatic carbocycles. The van der Waals surface area contributed by atoms with Crippen molar-refractivity contribution >= 4 is 33.5 Å². The molecule has 0 aliphatic rings. The van der Waals surface area contributed by atoms with Gasteiger partial charge in [-0.3, -0.25) is 0 Å². The molecule has 0 heterocycles. The number of carboxylic acid groups (broad SMARTS) is 1. The number of para-hydroxylation sites is 1. The van der Waals surface area contributed by atoms with Gasteiger partial charge in [-0.2, -0.15) is 0 Å². The second kappa shape index (κ2) is 5.78. The van der Waals surface area contributed by atoms with Crippen LogP contribution in [0.1, 0.15) is 0 Å². The third-order valence-electron chi connectivity index (χ3n) is 1.49. The van der Waals surface area contributed by atoms with Gasteiger partial charge in [0.05, 0.1) is 16.4 Å². The van der Waals surface area contributed by atoms with Gasteiger partial charge in [-0.25, -0.2) is 4.79 Å². The molecule has 1 aromatic rings. The minimum atomic E-state index is -1.06. The largest absolute Gasteiger partial charge is 0.478 e. The zero-order valence-electron chi connectivity index (χ0n) is 7.61. The molecule has 0 saturated heterocycles. The van der Waals surface area contributed by atoms with Gasteiger partial charge >= 0.3 is 5.97 Å². The number of allylic oxidation sites excluding steroid dienone is 1. The molecule has 0 atom stereocenters. The number of alkyl halides is 1. The predicted molar refractivity (Wildman–Crippen MR) is 61.6 cm³/mol. The van der Waals surface area contributed by atoms with Crippen LogP contribution < -0.4 is 4.74 Å². The summed E-state index contributed by atoms with van der Waals surface area (Å²) in [5, 5.41) is 9.30. The van der Waals surface area contributed by atoms with E-state index in [1.54, 1.807) is 24.3 Å². The van der Waals surface area contributed by atoms with Gasteiger partial charge in [0.25, 0.3) is 0 Å². The summed E-state index contributed by atoms with van der Waals surface area (Å²) in [6.45, 7) is 0. The first-order valence-corrected chi connectivity index (χ1v) is 5.55. The number of ether oxygens (including phenoxy) is 1. The van der Waals surface area contributed by atoms with Crippen LogP contribution in [-0.4, -0.2) is 16.4 Å². The van der Waals surface area contributed by atoms with E-state index in [9.17, 15) is 4.79 Å². The molecular formula is C10H8BrClO3.